The number of fused-ring (bicyclic) bond motifs is 1. The van der Waals surface area contributed by atoms with Gasteiger partial charge in [-0.1, -0.05) is 72.8 Å². The minimum Gasteiger partial charge on any atom is -0.493 e. The van der Waals surface area contributed by atoms with Gasteiger partial charge >= 0.3 is 5.91 Å². The highest BCUT2D eigenvalue weighted by molar-refractivity contribution is 6.32. The quantitative estimate of drug-likeness (QED) is 0.227. The number of aromatic nitrogens is 1. The van der Waals surface area contributed by atoms with Crippen LogP contribution in [-0.4, -0.2) is 28.8 Å². The molecule has 0 atom stereocenters. The van der Waals surface area contributed by atoms with E-state index in [4.69, 9.17) is 21.1 Å². The fourth-order valence-electron chi connectivity index (χ4n) is 3.46. The Hall–Kier alpha value is -4.10. The van der Waals surface area contributed by atoms with Crippen molar-refractivity contribution in [1.29, 1.82) is 0 Å². The number of azo groups is 1. The van der Waals surface area contributed by atoms with E-state index in [9.17, 15) is 9.90 Å². The van der Waals surface area contributed by atoms with Crippen LogP contribution in [0.2, 0.25) is 5.02 Å². The molecule has 172 valence electrons. The Labute approximate surface area is 201 Å². The van der Waals surface area contributed by atoms with Crippen LogP contribution in [0.5, 0.6) is 17.4 Å². The van der Waals surface area contributed by atoms with Gasteiger partial charge in [-0.25, -0.2) is 0 Å². The van der Waals surface area contributed by atoms with Crippen LogP contribution >= 0.6 is 11.6 Å². The molecule has 0 unspecified atom stereocenters. The minimum atomic E-state index is -0.612. The summed E-state index contributed by atoms with van der Waals surface area (Å²) in [6, 6.07) is 21.8. The zero-order valence-electron chi connectivity index (χ0n) is 18.2. The first-order valence-electron chi connectivity index (χ1n) is 10.5. The number of hydrogen-bond donors (Lipinski definition) is 1. The van der Waals surface area contributed by atoms with E-state index in [1.54, 1.807) is 34.9 Å². The van der Waals surface area contributed by atoms with Gasteiger partial charge in [0.25, 0.3) is 0 Å². The van der Waals surface area contributed by atoms with Gasteiger partial charge in [0.1, 0.15) is 18.1 Å². The Morgan fingerprint density at radius 2 is 1.71 bits per heavy atom. The highest BCUT2D eigenvalue weighted by Gasteiger charge is 2.18. The molecule has 7 nitrogen and oxygen atoms in total. The molecule has 0 aliphatic carbocycles. The van der Waals surface area contributed by atoms with Crippen LogP contribution in [0, 0.1) is 0 Å². The third-order valence-electron chi connectivity index (χ3n) is 5.02. The molecule has 4 aromatic rings. The van der Waals surface area contributed by atoms with Gasteiger partial charge in [0.05, 0.1) is 17.1 Å². The molecule has 3 aromatic carbocycles. The standard InChI is InChI=1S/C26H22ClN3O4/c1-2-15-33-22-13-7-3-9-18(22)16-30-21-12-6-4-10-19(21)25(26(30)32)29-28-24(31)17-34-23-14-8-5-11-20(23)27/h2-14,32H,1,15-17H2. The second-order valence-corrected chi connectivity index (χ2v) is 7.70. The number of benzene rings is 3. The molecule has 0 bridgehead atoms. The van der Waals surface area contributed by atoms with Crippen LogP contribution in [0.4, 0.5) is 5.69 Å². The fraction of sp³-hybridized carbons (Fsp3) is 0.115. The van der Waals surface area contributed by atoms with Gasteiger partial charge < -0.3 is 19.1 Å². The number of amides is 1. The molecule has 1 heterocycles. The lowest BCUT2D eigenvalue weighted by atomic mass is 10.2. The molecule has 0 spiro atoms. The third-order valence-corrected chi connectivity index (χ3v) is 5.34. The van der Waals surface area contributed by atoms with Crippen molar-refractivity contribution in [2.24, 2.45) is 10.2 Å². The van der Waals surface area contributed by atoms with Crippen molar-refractivity contribution in [2.45, 2.75) is 6.54 Å². The second kappa shape index (κ2) is 10.7. The average molecular weight is 476 g/mol. The first-order valence-corrected chi connectivity index (χ1v) is 10.9. The largest absolute Gasteiger partial charge is 0.493 e. The molecule has 34 heavy (non-hydrogen) atoms. The summed E-state index contributed by atoms with van der Waals surface area (Å²) in [5.41, 5.74) is 1.81. The number of para-hydroxylation sites is 3. The highest BCUT2D eigenvalue weighted by atomic mass is 35.5. The van der Waals surface area contributed by atoms with Gasteiger partial charge in [-0.15, -0.1) is 10.2 Å². The van der Waals surface area contributed by atoms with E-state index in [0.29, 0.717) is 35.1 Å². The molecule has 0 saturated carbocycles. The first kappa shape index (κ1) is 23.1. The number of hydrogen-bond acceptors (Lipinski definition) is 5. The van der Waals surface area contributed by atoms with Crippen LogP contribution in [0.3, 0.4) is 0 Å². The van der Waals surface area contributed by atoms with E-state index >= 15 is 0 Å². The summed E-state index contributed by atoms with van der Waals surface area (Å²) < 4.78 is 12.9. The predicted octanol–water partition coefficient (Wildman–Crippen LogP) is 6.30. The lowest BCUT2D eigenvalue weighted by molar-refractivity contribution is -0.120. The van der Waals surface area contributed by atoms with Crippen molar-refractivity contribution in [1.82, 2.24) is 4.57 Å². The summed E-state index contributed by atoms with van der Waals surface area (Å²) in [5, 5.41) is 19.8. The van der Waals surface area contributed by atoms with Crippen molar-refractivity contribution in [3.63, 3.8) is 0 Å². The topological polar surface area (TPSA) is 85.4 Å². The van der Waals surface area contributed by atoms with Crippen molar-refractivity contribution < 1.29 is 19.4 Å². The van der Waals surface area contributed by atoms with Crippen molar-refractivity contribution in [3.05, 3.63) is 96.0 Å². The molecule has 0 saturated heterocycles. The van der Waals surface area contributed by atoms with Gasteiger partial charge in [-0.3, -0.25) is 4.79 Å². The summed E-state index contributed by atoms with van der Waals surface area (Å²) >= 11 is 6.04. The summed E-state index contributed by atoms with van der Waals surface area (Å²) in [6.45, 7) is 4.05. The summed E-state index contributed by atoms with van der Waals surface area (Å²) in [6.07, 6.45) is 1.67. The van der Waals surface area contributed by atoms with Gasteiger partial charge in [0.2, 0.25) is 5.88 Å². The summed E-state index contributed by atoms with van der Waals surface area (Å²) in [4.78, 5) is 12.2. The Kier molecular flexibility index (Phi) is 7.25. The second-order valence-electron chi connectivity index (χ2n) is 7.30. The number of nitrogens with zero attached hydrogens (tertiary/aromatic N) is 3. The SMILES string of the molecule is C=CCOc1ccccc1Cn1c(O)c(N=NC(=O)COc2ccccc2Cl)c2ccccc21. The molecule has 0 aliphatic heterocycles. The van der Waals surface area contributed by atoms with E-state index in [1.807, 2.05) is 48.5 Å². The van der Waals surface area contributed by atoms with Crippen LogP contribution < -0.4 is 9.47 Å². The molecule has 0 aliphatic rings. The van der Waals surface area contributed by atoms with Gasteiger partial charge in [-0.2, -0.15) is 0 Å². The molecule has 8 heteroatoms. The first-order chi connectivity index (χ1) is 16.6. The molecule has 1 amide bonds. The molecule has 0 radical (unpaired) electrons. The molecule has 0 fully saturated rings. The fourth-order valence-corrected chi connectivity index (χ4v) is 3.65. The molecular formula is C26H22ClN3O4. The molecule has 1 aromatic heterocycles. The maximum absolute atomic E-state index is 12.2. The number of aromatic hydroxyl groups is 1. The molecule has 4 rings (SSSR count). The molecule has 1 N–H and O–H groups in total. The lowest BCUT2D eigenvalue weighted by Crippen LogP contribution is -2.08. The number of carbonyl (C=O) groups is 1. The lowest BCUT2D eigenvalue weighted by Gasteiger charge is -2.12. The van der Waals surface area contributed by atoms with Gasteiger partial charge in [0, 0.05) is 10.9 Å². The molecular weight excluding hydrogens is 454 g/mol. The predicted molar refractivity (Wildman–Crippen MR) is 131 cm³/mol. The maximum Gasteiger partial charge on any atom is 0.302 e. The van der Waals surface area contributed by atoms with Crippen molar-refractivity contribution in [2.75, 3.05) is 13.2 Å². The number of carbonyl (C=O) groups excluding carboxylic acids is 1. The third kappa shape index (κ3) is 5.10. The Bertz CT molecular complexity index is 1360. The van der Waals surface area contributed by atoms with E-state index in [2.05, 4.69) is 16.8 Å². The Balaban J connectivity index is 1.59. The van der Waals surface area contributed by atoms with Gasteiger partial charge in [0.15, 0.2) is 12.3 Å². The summed E-state index contributed by atoms with van der Waals surface area (Å²) in [5.74, 6) is 0.349. The summed E-state index contributed by atoms with van der Waals surface area (Å²) in [7, 11) is 0. The number of halogens is 1. The van der Waals surface area contributed by atoms with Crippen molar-refractivity contribution in [3.8, 4) is 17.4 Å². The Morgan fingerprint density at radius 1 is 1.00 bits per heavy atom. The van der Waals surface area contributed by atoms with Crippen molar-refractivity contribution >= 4 is 34.1 Å². The zero-order chi connectivity index (χ0) is 23.9. The van der Waals surface area contributed by atoms with Crippen LogP contribution in [0.1, 0.15) is 5.56 Å². The van der Waals surface area contributed by atoms with Crippen LogP contribution in [-0.2, 0) is 11.3 Å². The average Bonchev–Trinajstić information content (AvgIpc) is 3.12. The van der Waals surface area contributed by atoms with Crippen LogP contribution in [0.15, 0.2) is 95.7 Å². The van der Waals surface area contributed by atoms with E-state index in [-0.39, 0.29) is 18.2 Å². The number of rotatable bonds is 9. The Morgan fingerprint density at radius 3 is 2.50 bits per heavy atom. The smallest absolute Gasteiger partial charge is 0.302 e. The van der Waals surface area contributed by atoms with E-state index < -0.39 is 5.91 Å². The minimum absolute atomic E-state index is 0.108. The monoisotopic (exact) mass is 475 g/mol. The zero-order valence-corrected chi connectivity index (χ0v) is 19.0. The van der Waals surface area contributed by atoms with Gasteiger partial charge in [-0.05, 0) is 24.3 Å². The van der Waals surface area contributed by atoms with E-state index in [0.717, 1.165) is 11.1 Å². The normalized spacial score (nSPS) is 11.1. The maximum atomic E-state index is 12.2. The van der Waals surface area contributed by atoms with E-state index in [1.165, 1.54) is 0 Å². The number of ether oxygens (including phenoxy) is 2. The van der Waals surface area contributed by atoms with Crippen LogP contribution in [0.25, 0.3) is 10.9 Å². The highest BCUT2D eigenvalue weighted by Crippen LogP contribution is 2.39.